The molecule has 1 aliphatic heterocycles. The first-order valence-electron chi connectivity index (χ1n) is 5.04. The van der Waals surface area contributed by atoms with Crippen molar-refractivity contribution in [2.24, 2.45) is 0 Å². The first-order valence-corrected chi connectivity index (χ1v) is 5.77. The quantitative estimate of drug-likeness (QED) is 0.533. The Bertz CT molecular complexity index is 146. The molecule has 3 nitrogen and oxygen atoms in total. The van der Waals surface area contributed by atoms with Gasteiger partial charge in [-0.1, -0.05) is 13.3 Å². The molecule has 0 bridgehead atoms. The van der Waals surface area contributed by atoms with Gasteiger partial charge in [-0.3, -0.25) is 0 Å². The molecule has 1 saturated heterocycles. The zero-order chi connectivity index (χ0) is 9.68. The Kier molecular flexibility index (Phi) is 5.09. The van der Waals surface area contributed by atoms with Gasteiger partial charge in [0, 0.05) is 12.6 Å². The zero-order valence-corrected chi connectivity index (χ0v) is 8.96. The molecule has 1 heterocycles. The molecule has 78 valence electrons. The molecule has 0 aromatic heterocycles. The van der Waals surface area contributed by atoms with Crippen LogP contribution in [-0.4, -0.2) is 32.7 Å². The molecule has 13 heavy (non-hydrogen) atoms. The topological polar surface area (TPSA) is 43.7 Å². The van der Waals surface area contributed by atoms with E-state index < -0.39 is 0 Å². The number of rotatable bonds is 5. The van der Waals surface area contributed by atoms with Crippen LogP contribution in [0.3, 0.4) is 0 Å². The normalized spacial score (nSPS) is 26.5. The fourth-order valence-electron chi connectivity index (χ4n) is 1.92. The number of hydrogen-bond donors (Lipinski definition) is 2. The molecule has 1 unspecified atom stereocenters. The summed E-state index contributed by atoms with van der Waals surface area (Å²) < 4.78 is 10.9. The van der Waals surface area contributed by atoms with Gasteiger partial charge in [-0.2, -0.15) is 0 Å². The van der Waals surface area contributed by atoms with E-state index in [9.17, 15) is 5.11 Å². The van der Waals surface area contributed by atoms with Gasteiger partial charge in [-0.25, -0.2) is 4.31 Å². The fourth-order valence-corrected chi connectivity index (χ4v) is 2.45. The Balaban J connectivity index is 2.26. The van der Waals surface area contributed by atoms with Gasteiger partial charge in [0.1, 0.15) is 0 Å². The SMILES string of the molecule is CCCC(O)C[C@@H]1CCCN1SO. The predicted octanol–water partition coefficient (Wildman–Crippen LogP) is 2.12. The summed E-state index contributed by atoms with van der Waals surface area (Å²) in [6.45, 7) is 3.03. The van der Waals surface area contributed by atoms with E-state index in [1.54, 1.807) is 0 Å². The molecule has 0 aromatic rings. The molecular formula is C9H19NO2S. The summed E-state index contributed by atoms with van der Waals surface area (Å²) in [6.07, 6.45) is 4.76. The highest BCUT2D eigenvalue weighted by Crippen LogP contribution is 2.27. The first kappa shape index (κ1) is 11.3. The van der Waals surface area contributed by atoms with Crippen LogP contribution in [0.25, 0.3) is 0 Å². The molecule has 4 heteroatoms. The summed E-state index contributed by atoms with van der Waals surface area (Å²) in [6, 6.07) is 0.372. The number of aliphatic hydroxyl groups excluding tert-OH is 1. The maximum absolute atomic E-state index is 9.61. The van der Waals surface area contributed by atoms with Crippen LogP contribution in [0.1, 0.15) is 39.0 Å². The summed E-state index contributed by atoms with van der Waals surface area (Å²) in [5.41, 5.74) is 0. The van der Waals surface area contributed by atoms with Gasteiger partial charge in [-0.05, 0) is 25.7 Å². The second kappa shape index (κ2) is 5.86. The maximum Gasteiger partial charge on any atom is 0.0792 e. The third-order valence-electron chi connectivity index (χ3n) is 2.59. The Labute approximate surface area is 84.5 Å². The van der Waals surface area contributed by atoms with E-state index >= 15 is 0 Å². The molecule has 1 aliphatic rings. The van der Waals surface area contributed by atoms with E-state index in [0.717, 1.165) is 50.9 Å². The molecule has 0 spiro atoms. The molecule has 0 radical (unpaired) electrons. The lowest BCUT2D eigenvalue weighted by atomic mass is 10.0. The van der Waals surface area contributed by atoms with Crippen molar-refractivity contribution in [3.63, 3.8) is 0 Å². The van der Waals surface area contributed by atoms with Gasteiger partial charge in [0.05, 0.1) is 18.3 Å². The Morgan fingerprint density at radius 3 is 3.00 bits per heavy atom. The monoisotopic (exact) mass is 205 g/mol. The van der Waals surface area contributed by atoms with Gasteiger partial charge in [-0.15, -0.1) is 0 Å². The summed E-state index contributed by atoms with van der Waals surface area (Å²) in [5, 5.41) is 9.61. The van der Waals surface area contributed by atoms with Crippen molar-refractivity contribution in [2.45, 2.75) is 51.2 Å². The van der Waals surface area contributed by atoms with E-state index in [1.165, 1.54) is 0 Å². The Morgan fingerprint density at radius 2 is 2.38 bits per heavy atom. The van der Waals surface area contributed by atoms with Gasteiger partial charge in [0.2, 0.25) is 0 Å². The molecule has 0 saturated carbocycles. The van der Waals surface area contributed by atoms with Crippen molar-refractivity contribution in [1.29, 1.82) is 0 Å². The number of aliphatic hydroxyl groups is 1. The van der Waals surface area contributed by atoms with Crippen LogP contribution in [-0.2, 0) is 0 Å². The standard InChI is InChI=1S/C9H19NO2S/c1-2-4-9(11)7-8-5-3-6-10(8)13-12/h8-9,11-12H,2-7H2,1H3/t8-,9?/m0/s1. The van der Waals surface area contributed by atoms with E-state index in [1.807, 2.05) is 4.31 Å². The zero-order valence-electron chi connectivity index (χ0n) is 8.15. The van der Waals surface area contributed by atoms with E-state index in [-0.39, 0.29) is 6.10 Å². The largest absolute Gasteiger partial charge is 0.393 e. The minimum Gasteiger partial charge on any atom is -0.393 e. The van der Waals surface area contributed by atoms with Crippen molar-refractivity contribution in [3.8, 4) is 0 Å². The molecule has 2 atom stereocenters. The summed E-state index contributed by atoms with van der Waals surface area (Å²) in [5.74, 6) is 0. The number of hydrogen-bond acceptors (Lipinski definition) is 4. The molecule has 0 amide bonds. The smallest absolute Gasteiger partial charge is 0.0792 e. The lowest BCUT2D eigenvalue weighted by Gasteiger charge is -2.22. The average molecular weight is 205 g/mol. The Morgan fingerprint density at radius 1 is 1.62 bits per heavy atom. The van der Waals surface area contributed by atoms with Gasteiger partial charge >= 0.3 is 0 Å². The van der Waals surface area contributed by atoms with Crippen LogP contribution in [0.4, 0.5) is 0 Å². The highest BCUT2D eigenvalue weighted by atomic mass is 32.2. The summed E-state index contributed by atoms with van der Waals surface area (Å²) >= 11 is 0.823. The lowest BCUT2D eigenvalue weighted by Crippen LogP contribution is -2.27. The molecule has 0 aromatic carbocycles. The molecule has 2 N–H and O–H groups in total. The van der Waals surface area contributed by atoms with Crippen LogP contribution in [0.5, 0.6) is 0 Å². The van der Waals surface area contributed by atoms with Crippen LogP contribution < -0.4 is 0 Å². The van der Waals surface area contributed by atoms with Crippen molar-refractivity contribution >= 4 is 12.2 Å². The minimum absolute atomic E-state index is 0.192. The highest BCUT2D eigenvalue weighted by molar-refractivity contribution is 7.91. The van der Waals surface area contributed by atoms with Crippen molar-refractivity contribution in [2.75, 3.05) is 6.54 Å². The van der Waals surface area contributed by atoms with E-state index in [4.69, 9.17) is 4.55 Å². The predicted molar refractivity (Wildman–Crippen MR) is 55.5 cm³/mol. The molecule has 1 fully saturated rings. The first-order chi connectivity index (χ1) is 6.27. The second-order valence-corrected chi connectivity index (χ2v) is 4.33. The Hall–Kier alpha value is 0.230. The maximum atomic E-state index is 9.61. The fraction of sp³-hybridized carbons (Fsp3) is 1.00. The van der Waals surface area contributed by atoms with Crippen LogP contribution >= 0.6 is 12.2 Å². The molecule has 0 aliphatic carbocycles. The minimum atomic E-state index is -0.192. The van der Waals surface area contributed by atoms with Crippen LogP contribution in [0.2, 0.25) is 0 Å². The number of nitrogens with zero attached hydrogens (tertiary/aromatic N) is 1. The summed E-state index contributed by atoms with van der Waals surface area (Å²) in [4.78, 5) is 0. The molecular weight excluding hydrogens is 186 g/mol. The van der Waals surface area contributed by atoms with Gasteiger partial charge in [0.25, 0.3) is 0 Å². The molecule has 1 rings (SSSR count). The van der Waals surface area contributed by atoms with Crippen molar-refractivity contribution in [3.05, 3.63) is 0 Å². The third-order valence-corrected chi connectivity index (χ3v) is 3.28. The average Bonchev–Trinajstić information content (AvgIpc) is 2.52. The second-order valence-electron chi connectivity index (χ2n) is 3.70. The summed E-state index contributed by atoms with van der Waals surface area (Å²) in [7, 11) is 0. The third kappa shape index (κ3) is 3.46. The van der Waals surface area contributed by atoms with Crippen LogP contribution in [0, 0.1) is 0 Å². The van der Waals surface area contributed by atoms with Crippen molar-refractivity contribution < 1.29 is 9.66 Å². The van der Waals surface area contributed by atoms with E-state index in [0.29, 0.717) is 6.04 Å². The van der Waals surface area contributed by atoms with Crippen LogP contribution in [0.15, 0.2) is 0 Å². The van der Waals surface area contributed by atoms with Gasteiger partial charge < -0.3 is 9.66 Å². The van der Waals surface area contributed by atoms with Crippen molar-refractivity contribution in [1.82, 2.24) is 4.31 Å². The lowest BCUT2D eigenvalue weighted by molar-refractivity contribution is 0.131. The van der Waals surface area contributed by atoms with E-state index in [2.05, 4.69) is 6.92 Å². The highest BCUT2D eigenvalue weighted by Gasteiger charge is 2.26. The van der Waals surface area contributed by atoms with Gasteiger partial charge in [0.15, 0.2) is 0 Å².